The number of carbonyl (C=O) groups excluding carboxylic acids is 1. The maximum atomic E-state index is 12.8. The van der Waals surface area contributed by atoms with Crippen LogP contribution >= 0.6 is 0 Å². The second kappa shape index (κ2) is 8.70. The van der Waals surface area contributed by atoms with Crippen LogP contribution in [0.15, 0.2) is 36.7 Å². The van der Waals surface area contributed by atoms with Gasteiger partial charge in [-0.3, -0.25) is 4.98 Å². The maximum Gasteiger partial charge on any atom is 0.318 e. The summed E-state index contributed by atoms with van der Waals surface area (Å²) in [6.45, 7) is 8.87. The zero-order valence-electron chi connectivity index (χ0n) is 16.6. The molecule has 1 aliphatic heterocycles. The molecule has 0 saturated carbocycles. The molecule has 2 aromatic rings. The van der Waals surface area contributed by atoms with Crippen LogP contribution in [0.1, 0.15) is 36.7 Å². The van der Waals surface area contributed by atoms with Gasteiger partial charge in [-0.2, -0.15) is 5.26 Å². The molecule has 3 rings (SSSR count). The summed E-state index contributed by atoms with van der Waals surface area (Å²) in [4.78, 5) is 25.6. The number of hydrogen-bond acceptors (Lipinski definition) is 5. The highest BCUT2D eigenvalue weighted by Crippen LogP contribution is 2.23. The van der Waals surface area contributed by atoms with Crippen LogP contribution in [0.5, 0.6) is 0 Å². The fourth-order valence-corrected chi connectivity index (χ4v) is 3.38. The van der Waals surface area contributed by atoms with Gasteiger partial charge in [0.1, 0.15) is 11.9 Å². The highest BCUT2D eigenvalue weighted by Gasteiger charge is 2.26. The van der Waals surface area contributed by atoms with Gasteiger partial charge in [-0.1, -0.05) is 19.9 Å². The standard InChI is InChI=1S/C21H26N6O/c1-15(2)19(20-16(3)5-4-8-23-20)25-21(28)27-11-9-26(10-12-27)18-7-6-17(13-22)14-24-18/h4-8,14-15,19H,9-12H2,1-3H3,(H,25,28). The summed E-state index contributed by atoms with van der Waals surface area (Å²) in [5, 5.41) is 12.1. The van der Waals surface area contributed by atoms with Crippen molar-refractivity contribution in [3.8, 4) is 6.07 Å². The molecule has 146 valence electrons. The average molecular weight is 378 g/mol. The van der Waals surface area contributed by atoms with Gasteiger partial charge >= 0.3 is 6.03 Å². The maximum absolute atomic E-state index is 12.8. The third kappa shape index (κ3) is 4.39. The molecule has 2 amide bonds. The van der Waals surface area contributed by atoms with E-state index in [4.69, 9.17) is 5.26 Å². The molecule has 1 unspecified atom stereocenters. The molecule has 28 heavy (non-hydrogen) atoms. The number of rotatable bonds is 4. The first-order chi connectivity index (χ1) is 13.5. The Hall–Kier alpha value is -3.14. The minimum Gasteiger partial charge on any atom is -0.353 e. The first-order valence-electron chi connectivity index (χ1n) is 9.57. The van der Waals surface area contributed by atoms with Crippen molar-refractivity contribution < 1.29 is 4.79 Å². The van der Waals surface area contributed by atoms with Crippen molar-refractivity contribution in [2.75, 3.05) is 31.1 Å². The minimum atomic E-state index is -0.119. The van der Waals surface area contributed by atoms with Gasteiger partial charge in [0.2, 0.25) is 0 Å². The summed E-state index contributed by atoms with van der Waals surface area (Å²) >= 11 is 0. The van der Waals surface area contributed by atoms with Crippen molar-refractivity contribution >= 4 is 11.8 Å². The van der Waals surface area contributed by atoms with Crippen molar-refractivity contribution in [3.05, 3.63) is 53.5 Å². The number of piperazine rings is 1. The smallest absolute Gasteiger partial charge is 0.318 e. The van der Waals surface area contributed by atoms with Crippen LogP contribution in [0.3, 0.4) is 0 Å². The number of urea groups is 1. The van der Waals surface area contributed by atoms with E-state index in [1.165, 1.54) is 0 Å². The van der Waals surface area contributed by atoms with Gasteiger partial charge in [0.25, 0.3) is 0 Å². The summed E-state index contributed by atoms with van der Waals surface area (Å²) in [5.41, 5.74) is 2.55. The molecule has 0 aromatic carbocycles. The van der Waals surface area contributed by atoms with Gasteiger partial charge in [0.15, 0.2) is 0 Å². The van der Waals surface area contributed by atoms with E-state index < -0.39 is 0 Å². The molecule has 1 saturated heterocycles. The van der Waals surface area contributed by atoms with Gasteiger partial charge in [-0.15, -0.1) is 0 Å². The number of carbonyl (C=O) groups is 1. The van der Waals surface area contributed by atoms with E-state index in [0.717, 1.165) is 17.1 Å². The number of aromatic nitrogens is 2. The lowest BCUT2D eigenvalue weighted by molar-refractivity contribution is 0.186. The predicted molar refractivity (Wildman–Crippen MR) is 108 cm³/mol. The number of nitriles is 1. The summed E-state index contributed by atoms with van der Waals surface area (Å²) in [5.74, 6) is 1.07. The Bertz CT molecular complexity index is 850. The van der Waals surface area contributed by atoms with Crippen molar-refractivity contribution in [3.63, 3.8) is 0 Å². The zero-order chi connectivity index (χ0) is 20.1. The lowest BCUT2D eigenvalue weighted by Crippen LogP contribution is -2.53. The third-order valence-electron chi connectivity index (χ3n) is 5.06. The van der Waals surface area contributed by atoms with Gasteiger partial charge in [-0.05, 0) is 36.6 Å². The monoisotopic (exact) mass is 378 g/mol. The second-order valence-corrected chi connectivity index (χ2v) is 7.37. The van der Waals surface area contributed by atoms with Crippen LogP contribution in [0.25, 0.3) is 0 Å². The van der Waals surface area contributed by atoms with Crippen molar-refractivity contribution in [2.24, 2.45) is 5.92 Å². The van der Waals surface area contributed by atoms with Crippen molar-refractivity contribution in [2.45, 2.75) is 26.8 Å². The minimum absolute atomic E-state index is 0.0591. The van der Waals surface area contributed by atoms with E-state index >= 15 is 0 Å². The first kappa shape index (κ1) is 19.6. The zero-order valence-corrected chi connectivity index (χ0v) is 16.6. The quantitative estimate of drug-likeness (QED) is 0.884. The van der Waals surface area contributed by atoms with Crippen LogP contribution in [0, 0.1) is 24.2 Å². The van der Waals surface area contributed by atoms with Crippen LogP contribution < -0.4 is 10.2 Å². The summed E-state index contributed by atoms with van der Waals surface area (Å²) in [7, 11) is 0. The molecule has 2 aromatic heterocycles. The molecule has 0 radical (unpaired) electrons. The number of anilines is 1. The van der Waals surface area contributed by atoms with E-state index in [0.29, 0.717) is 31.7 Å². The fourth-order valence-electron chi connectivity index (χ4n) is 3.38. The topological polar surface area (TPSA) is 85.2 Å². The van der Waals surface area contributed by atoms with Gasteiger partial charge in [-0.25, -0.2) is 9.78 Å². The number of amides is 2. The van der Waals surface area contributed by atoms with Crippen LogP contribution in [0.2, 0.25) is 0 Å². The Morgan fingerprint density at radius 2 is 1.93 bits per heavy atom. The normalized spacial score (nSPS) is 15.2. The highest BCUT2D eigenvalue weighted by molar-refractivity contribution is 5.75. The number of pyridine rings is 2. The Labute approximate surface area is 166 Å². The molecule has 1 atom stereocenters. The number of aryl methyl sites for hydroxylation is 1. The van der Waals surface area contributed by atoms with Crippen LogP contribution in [0.4, 0.5) is 10.6 Å². The van der Waals surface area contributed by atoms with E-state index in [1.54, 1.807) is 18.5 Å². The van der Waals surface area contributed by atoms with Crippen LogP contribution in [-0.4, -0.2) is 47.1 Å². The Morgan fingerprint density at radius 1 is 1.18 bits per heavy atom. The van der Waals surface area contributed by atoms with E-state index in [1.807, 2.05) is 30.0 Å². The van der Waals surface area contributed by atoms with E-state index in [2.05, 4.69) is 40.1 Å². The Balaban J connectivity index is 1.61. The van der Waals surface area contributed by atoms with Crippen molar-refractivity contribution in [1.82, 2.24) is 20.2 Å². The van der Waals surface area contributed by atoms with Gasteiger partial charge < -0.3 is 15.1 Å². The van der Waals surface area contributed by atoms with E-state index in [9.17, 15) is 4.79 Å². The predicted octanol–water partition coefficient (Wildman–Crippen LogP) is 2.89. The van der Waals surface area contributed by atoms with Gasteiger partial charge in [0, 0.05) is 38.6 Å². The van der Waals surface area contributed by atoms with Crippen LogP contribution in [-0.2, 0) is 0 Å². The molecule has 1 N–H and O–H groups in total. The molecule has 7 nitrogen and oxygen atoms in total. The highest BCUT2D eigenvalue weighted by atomic mass is 16.2. The molecule has 7 heteroatoms. The largest absolute Gasteiger partial charge is 0.353 e. The van der Waals surface area contributed by atoms with Gasteiger partial charge in [0.05, 0.1) is 17.3 Å². The average Bonchev–Trinajstić information content (AvgIpc) is 2.72. The SMILES string of the molecule is Cc1cccnc1C(NC(=O)N1CCN(c2ccc(C#N)cn2)CC1)C(C)C. The molecule has 0 spiro atoms. The summed E-state index contributed by atoms with van der Waals surface area (Å²) in [6, 6.07) is 9.45. The molecule has 1 aliphatic rings. The van der Waals surface area contributed by atoms with Crippen molar-refractivity contribution in [1.29, 1.82) is 5.26 Å². The number of hydrogen-bond donors (Lipinski definition) is 1. The summed E-state index contributed by atoms with van der Waals surface area (Å²) < 4.78 is 0. The molecule has 0 aliphatic carbocycles. The lowest BCUT2D eigenvalue weighted by atomic mass is 9.97. The first-order valence-corrected chi connectivity index (χ1v) is 9.57. The second-order valence-electron chi connectivity index (χ2n) is 7.37. The molecule has 0 bridgehead atoms. The molecule has 1 fully saturated rings. The number of nitrogens with one attached hydrogen (secondary N) is 1. The molecular formula is C21H26N6O. The lowest BCUT2D eigenvalue weighted by Gasteiger charge is -2.36. The Morgan fingerprint density at radius 3 is 2.50 bits per heavy atom. The Kier molecular flexibility index (Phi) is 6.09. The van der Waals surface area contributed by atoms with E-state index in [-0.39, 0.29) is 18.0 Å². The third-order valence-corrected chi connectivity index (χ3v) is 5.06. The summed E-state index contributed by atoms with van der Waals surface area (Å²) in [6.07, 6.45) is 3.35. The molecule has 3 heterocycles. The molecular weight excluding hydrogens is 352 g/mol. The number of nitrogens with zero attached hydrogens (tertiary/aromatic N) is 5. The fraction of sp³-hybridized carbons (Fsp3) is 0.429.